The van der Waals surface area contributed by atoms with Crippen molar-refractivity contribution in [3.63, 3.8) is 0 Å². The van der Waals surface area contributed by atoms with Crippen LogP contribution in [0.4, 0.5) is 5.95 Å². The summed E-state index contributed by atoms with van der Waals surface area (Å²) < 4.78 is 3.30. The van der Waals surface area contributed by atoms with Crippen molar-refractivity contribution in [2.75, 3.05) is 5.73 Å². The highest BCUT2D eigenvalue weighted by Crippen LogP contribution is 2.19. The van der Waals surface area contributed by atoms with Crippen LogP contribution in [0.1, 0.15) is 5.69 Å². The van der Waals surface area contributed by atoms with Crippen LogP contribution >= 0.6 is 0 Å². The van der Waals surface area contributed by atoms with Crippen molar-refractivity contribution in [1.82, 2.24) is 29.5 Å². The zero-order chi connectivity index (χ0) is 12.0. The van der Waals surface area contributed by atoms with Gasteiger partial charge in [0.05, 0.1) is 6.20 Å². The predicted octanol–water partition coefficient (Wildman–Crippen LogP) is 0.440. The van der Waals surface area contributed by atoms with E-state index >= 15 is 0 Å². The summed E-state index contributed by atoms with van der Waals surface area (Å²) in [7, 11) is 1.80. The molecule has 86 valence electrons. The molecule has 0 fully saturated rings. The molecule has 7 nitrogen and oxygen atoms in total. The lowest BCUT2D eigenvalue weighted by Gasteiger charge is -2.00. The Morgan fingerprint density at radius 2 is 2.06 bits per heavy atom. The fourth-order valence-corrected chi connectivity index (χ4v) is 1.73. The van der Waals surface area contributed by atoms with Gasteiger partial charge in [0.25, 0.3) is 0 Å². The van der Waals surface area contributed by atoms with Crippen molar-refractivity contribution < 1.29 is 0 Å². The molecular weight excluding hydrogens is 218 g/mol. The first kappa shape index (κ1) is 9.76. The van der Waals surface area contributed by atoms with E-state index in [0.717, 1.165) is 11.2 Å². The van der Waals surface area contributed by atoms with Gasteiger partial charge in [0, 0.05) is 12.7 Å². The minimum Gasteiger partial charge on any atom is -0.369 e. The maximum absolute atomic E-state index is 5.88. The van der Waals surface area contributed by atoms with Gasteiger partial charge in [0.2, 0.25) is 5.95 Å². The average molecular weight is 229 g/mol. The largest absolute Gasteiger partial charge is 0.369 e. The van der Waals surface area contributed by atoms with Crippen LogP contribution < -0.4 is 5.73 Å². The van der Waals surface area contributed by atoms with Gasteiger partial charge in [0.15, 0.2) is 11.5 Å². The van der Waals surface area contributed by atoms with Crippen molar-refractivity contribution in [2.24, 2.45) is 7.05 Å². The second-order valence-electron chi connectivity index (χ2n) is 3.85. The molecular formula is C10H11N7. The summed E-state index contributed by atoms with van der Waals surface area (Å²) in [6, 6.07) is 3.79. The van der Waals surface area contributed by atoms with Crippen molar-refractivity contribution in [2.45, 2.75) is 6.92 Å². The molecule has 0 saturated heterocycles. The number of nitrogen functional groups attached to an aromatic ring is 1. The molecule has 0 amide bonds. The first-order valence-corrected chi connectivity index (χ1v) is 5.13. The van der Waals surface area contributed by atoms with Crippen molar-refractivity contribution in [1.29, 1.82) is 0 Å². The zero-order valence-corrected chi connectivity index (χ0v) is 9.49. The van der Waals surface area contributed by atoms with E-state index in [9.17, 15) is 0 Å². The quantitative estimate of drug-likeness (QED) is 0.654. The van der Waals surface area contributed by atoms with Crippen LogP contribution in [0.25, 0.3) is 17.0 Å². The van der Waals surface area contributed by atoms with Gasteiger partial charge in [-0.05, 0) is 19.1 Å². The van der Waals surface area contributed by atoms with Crippen LogP contribution in [-0.2, 0) is 7.05 Å². The summed E-state index contributed by atoms with van der Waals surface area (Å²) in [6.07, 6.45) is 1.77. The molecule has 3 heterocycles. The number of nitrogens with two attached hydrogens (primary N) is 1. The molecule has 0 bridgehead atoms. The number of rotatable bonds is 1. The molecule has 2 N–H and O–H groups in total. The lowest BCUT2D eigenvalue weighted by Crippen LogP contribution is -2.02. The van der Waals surface area contributed by atoms with Gasteiger partial charge < -0.3 is 5.73 Å². The van der Waals surface area contributed by atoms with Gasteiger partial charge in [-0.3, -0.25) is 4.68 Å². The summed E-state index contributed by atoms with van der Waals surface area (Å²) >= 11 is 0. The highest BCUT2D eigenvalue weighted by molar-refractivity contribution is 5.76. The van der Waals surface area contributed by atoms with Crippen LogP contribution in [0, 0.1) is 6.92 Å². The summed E-state index contributed by atoms with van der Waals surface area (Å²) in [5.41, 5.74) is 8.23. The summed E-state index contributed by atoms with van der Waals surface area (Å²) in [6.45, 7) is 1.92. The van der Waals surface area contributed by atoms with E-state index in [1.54, 1.807) is 22.5 Å². The number of anilines is 1. The first-order chi connectivity index (χ1) is 8.15. The molecule has 0 saturated carbocycles. The van der Waals surface area contributed by atoms with Crippen LogP contribution in [0.15, 0.2) is 18.3 Å². The third-order valence-corrected chi connectivity index (χ3v) is 2.49. The lowest BCUT2D eigenvalue weighted by atomic mass is 10.3. The molecule has 3 rings (SSSR count). The Morgan fingerprint density at radius 3 is 2.76 bits per heavy atom. The highest BCUT2D eigenvalue weighted by atomic mass is 15.4. The molecule has 7 heteroatoms. The van der Waals surface area contributed by atoms with E-state index in [2.05, 4.69) is 20.3 Å². The number of hydrogen-bond donors (Lipinski definition) is 1. The standard InChI is InChI=1S/C10H11N7/c1-6-3-4-7-9(12-6)17(10(11)13-7)8-5-16(2)15-14-8/h3-5H,1-2H3,(H2,11,13). The normalized spacial score (nSPS) is 11.2. The maximum atomic E-state index is 5.88. The van der Waals surface area contributed by atoms with E-state index in [1.807, 2.05) is 19.1 Å². The van der Waals surface area contributed by atoms with E-state index in [1.165, 1.54) is 0 Å². The Hall–Kier alpha value is -2.44. The minimum absolute atomic E-state index is 0.360. The SMILES string of the molecule is Cc1ccc2nc(N)n(-c3cn(C)nn3)c2n1. The van der Waals surface area contributed by atoms with Gasteiger partial charge in [-0.15, -0.1) is 5.10 Å². The number of aryl methyl sites for hydroxylation is 2. The van der Waals surface area contributed by atoms with Gasteiger partial charge in [-0.1, -0.05) is 5.21 Å². The predicted molar refractivity (Wildman–Crippen MR) is 62.6 cm³/mol. The number of fused-ring (bicyclic) bond motifs is 1. The number of imidazole rings is 1. The third kappa shape index (κ3) is 1.43. The second-order valence-corrected chi connectivity index (χ2v) is 3.85. The van der Waals surface area contributed by atoms with Gasteiger partial charge >= 0.3 is 0 Å². The van der Waals surface area contributed by atoms with Crippen molar-refractivity contribution in [3.05, 3.63) is 24.0 Å². The number of pyridine rings is 1. The zero-order valence-electron chi connectivity index (χ0n) is 9.49. The number of nitrogens with zero attached hydrogens (tertiary/aromatic N) is 6. The van der Waals surface area contributed by atoms with E-state index in [-0.39, 0.29) is 0 Å². The number of hydrogen-bond acceptors (Lipinski definition) is 5. The molecule has 0 aliphatic heterocycles. The van der Waals surface area contributed by atoms with E-state index in [0.29, 0.717) is 17.4 Å². The van der Waals surface area contributed by atoms with Crippen LogP contribution in [0.5, 0.6) is 0 Å². The monoisotopic (exact) mass is 229 g/mol. The summed E-state index contributed by atoms with van der Waals surface area (Å²) in [4.78, 5) is 8.67. The Morgan fingerprint density at radius 1 is 1.24 bits per heavy atom. The van der Waals surface area contributed by atoms with Crippen molar-refractivity contribution in [3.8, 4) is 5.82 Å². The summed E-state index contributed by atoms with van der Waals surface area (Å²) in [5.74, 6) is 0.976. The molecule has 0 aliphatic carbocycles. The van der Waals surface area contributed by atoms with Gasteiger partial charge in [0.1, 0.15) is 5.52 Å². The third-order valence-electron chi connectivity index (χ3n) is 2.49. The molecule has 0 radical (unpaired) electrons. The highest BCUT2D eigenvalue weighted by Gasteiger charge is 2.13. The molecule has 3 aromatic rings. The molecule has 0 spiro atoms. The van der Waals surface area contributed by atoms with Crippen LogP contribution in [-0.4, -0.2) is 29.5 Å². The smallest absolute Gasteiger partial charge is 0.208 e. The van der Waals surface area contributed by atoms with E-state index < -0.39 is 0 Å². The Bertz CT molecular complexity index is 694. The second kappa shape index (κ2) is 3.27. The maximum Gasteiger partial charge on any atom is 0.208 e. The van der Waals surface area contributed by atoms with Gasteiger partial charge in [-0.25, -0.2) is 14.5 Å². The first-order valence-electron chi connectivity index (χ1n) is 5.13. The molecule has 0 unspecified atom stereocenters. The fourth-order valence-electron chi connectivity index (χ4n) is 1.73. The average Bonchev–Trinajstić information content (AvgIpc) is 2.81. The van der Waals surface area contributed by atoms with Crippen LogP contribution in [0.3, 0.4) is 0 Å². The van der Waals surface area contributed by atoms with Crippen molar-refractivity contribution >= 4 is 17.1 Å². The van der Waals surface area contributed by atoms with E-state index in [4.69, 9.17) is 5.73 Å². The molecule has 0 aliphatic rings. The van der Waals surface area contributed by atoms with Crippen LogP contribution in [0.2, 0.25) is 0 Å². The van der Waals surface area contributed by atoms with Gasteiger partial charge in [-0.2, -0.15) is 0 Å². The Balaban J connectivity index is 2.34. The molecule has 0 atom stereocenters. The molecule has 0 aromatic carbocycles. The topological polar surface area (TPSA) is 87.4 Å². The molecule has 17 heavy (non-hydrogen) atoms. The lowest BCUT2D eigenvalue weighted by molar-refractivity contribution is 0.714. The summed E-state index contributed by atoms with van der Waals surface area (Å²) in [5, 5.41) is 7.89. The Labute approximate surface area is 96.9 Å². The number of aromatic nitrogens is 6. The minimum atomic E-state index is 0.360. The fraction of sp³-hybridized carbons (Fsp3) is 0.200. The molecule has 3 aromatic heterocycles. The Kier molecular flexibility index (Phi) is 1.88.